The number of fused-ring (bicyclic) bond motifs is 1. The van der Waals surface area contributed by atoms with E-state index < -0.39 is 0 Å². The topological polar surface area (TPSA) is 64.4 Å². The van der Waals surface area contributed by atoms with Gasteiger partial charge in [-0.3, -0.25) is 4.79 Å². The minimum atomic E-state index is -0.380. The van der Waals surface area contributed by atoms with E-state index in [1.165, 1.54) is 6.07 Å². The van der Waals surface area contributed by atoms with Crippen molar-refractivity contribution < 1.29 is 18.3 Å². The molecule has 4 aromatic rings. The fraction of sp³-hybridized carbons (Fsp3) is 0.308. The third-order valence-electron chi connectivity index (χ3n) is 6.32. The van der Waals surface area contributed by atoms with Crippen molar-refractivity contribution in [3.63, 3.8) is 0 Å². The number of hydrogen-bond acceptors (Lipinski definition) is 6. The number of amides is 1. The van der Waals surface area contributed by atoms with Gasteiger partial charge in [-0.25, -0.2) is 9.37 Å². The quantitative estimate of drug-likeness (QED) is 0.313. The summed E-state index contributed by atoms with van der Waals surface area (Å²) >= 11 is 3.19. The highest BCUT2D eigenvalue weighted by Crippen LogP contribution is 2.36. The van der Waals surface area contributed by atoms with E-state index in [0.29, 0.717) is 49.7 Å². The van der Waals surface area contributed by atoms with Crippen LogP contribution in [0.2, 0.25) is 0 Å². The number of para-hydroxylation sites is 1. The Morgan fingerprint density at radius 3 is 2.79 bits per heavy atom. The number of nitrogens with zero attached hydrogens (tertiary/aromatic N) is 1. The molecular weight excluding hydrogens is 471 g/mol. The lowest BCUT2D eigenvalue weighted by atomic mass is 9.74. The van der Waals surface area contributed by atoms with Crippen LogP contribution in [0.25, 0.3) is 11.0 Å². The van der Waals surface area contributed by atoms with Gasteiger partial charge in [0, 0.05) is 53.0 Å². The highest BCUT2D eigenvalue weighted by Gasteiger charge is 2.36. The van der Waals surface area contributed by atoms with Crippen LogP contribution in [0.5, 0.6) is 0 Å². The minimum Gasteiger partial charge on any atom is -0.451 e. The van der Waals surface area contributed by atoms with E-state index in [0.717, 1.165) is 26.5 Å². The Bertz CT molecular complexity index is 1310. The molecule has 0 atom stereocenters. The zero-order valence-electron chi connectivity index (χ0n) is 18.8. The molecule has 0 unspecified atom stereocenters. The molecule has 0 radical (unpaired) electrons. The number of carbonyl (C=O) groups is 1. The van der Waals surface area contributed by atoms with Crippen molar-refractivity contribution in [1.29, 1.82) is 0 Å². The summed E-state index contributed by atoms with van der Waals surface area (Å²) < 4.78 is 26.6. The van der Waals surface area contributed by atoms with Crippen molar-refractivity contribution in [3.8, 4) is 0 Å². The second-order valence-corrected chi connectivity index (χ2v) is 10.6. The number of furan rings is 1. The molecule has 3 heterocycles. The van der Waals surface area contributed by atoms with Crippen molar-refractivity contribution >= 4 is 40.0 Å². The molecule has 1 amide bonds. The van der Waals surface area contributed by atoms with Gasteiger partial charge in [0.25, 0.3) is 5.91 Å². The second kappa shape index (κ2) is 9.90. The van der Waals surface area contributed by atoms with Crippen molar-refractivity contribution in [1.82, 2.24) is 10.3 Å². The molecule has 0 bridgehead atoms. The van der Waals surface area contributed by atoms with Gasteiger partial charge in [-0.15, -0.1) is 11.3 Å². The molecule has 176 valence electrons. The average molecular weight is 497 g/mol. The first-order valence-electron chi connectivity index (χ1n) is 11.2. The van der Waals surface area contributed by atoms with Crippen LogP contribution in [0.3, 0.4) is 0 Å². The van der Waals surface area contributed by atoms with Crippen molar-refractivity contribution in [2.75, 3.05) is 19.8 Å². The number of ether oxygens (including phenoxy) is 1. The van der Waals surface area contributed by atoms with Crippen LogP contribution in [-0.2, 0) is 15.9 Å². The van der Waals surface area contributed by atoms with E-state index >= 15 is 0 Å². The van der Waals surface area contributed by atoms with Gasteiger partial charge in [0.15, 0.2) is 5.76 Å². The molecule has 34 heavy (non-hydrogen) atoms. The number of hydrogen-bond donors (Lipinski definition) is 1. The lowest BCUT2D eigenvalue weighted by molar-refractivity contribution is 0.0484. The maximum absolute atomic E-state index is 14.0. The maximum atomic E-state index is 14.0. The average Bonchev–Trinajstić information content (AvgIpc) is 3.45. The third-order valence-corrected chi connectivity index (χ3v) is 8.48. The fourth-order valence-electron chi connectivity index (χ4n) is 4.44. The molecule has 1 fully saturated rings. The first-order chi connectivity index (χ1) is 16.5. The Balaban J connectivity index is 1.40. The van der Waals surface area contributed by atoms with E-state index in [2.05, 4.69) is 10.3 Å². The summed E-state index contributed by atoms with van der Waals surface area (Å²) in [4.78, 5) is 17.9. The summed E-state index contributed by atoms with van der Waals surface area (Å²) in [6.07, 6.45) is 1.42. The number of nitrogens with one attached hydrogen (secondary N) is 1. The second-order valence-electron chi connectivity index (χ2n) is 8.54. The predicted molar refractivity (Wildman–Crippen MR) is 133 cm³/mol. The van der Waals surface area contributed by atoms with Gasteiger partial charge in [0.1, 0.15) is 15.7 Å². The summed E-state index contributed by atoms with van der Waals surface area (Å²) in [5.74, 6) is 0.367. The van der Waals surface area contributed by atoms with Crippen molar-refractivity contribution in [2.24, 2.45) is 0 Å². The van der Waals surface area contributed by atoms with Crippen LogP contribution in [-0.4, -0.2) is 30.6 Å². The van der Waals surface area contributed by atoms with Crippen LogP contribution in [0, 0.1) is 12.7 Å². The third kappa shape index (κ3) is 4.76. The van der Waals surface area contributed by atoms with E-state index in [1.807, 2.05) is 42.6 Å². The van der Waals surface area contributed by atoms with Gasteiger partial charge in [-0.2, -0.15) is 0 Å². The fourth-order valence-corrected chi connectivity index (χ4v) is 6.31. The molecule has 1 aliphatic heterocycles. The normalized spacial score (nSPS) is 15.5. The molecular formula is C26H25FN2O3S2. The van der Waals surface area contributed by atoms with E-state index in [4.69, 9.17) is 9.15 Å². The van der Waals surface area contributed by atoms with Crippen molar-refractivity contribution in [3.05, 3.63) is 82.3 Å². The molecule has 0 aliphatic carbocycles. The number of thiazole rings is 1. The smallest absolute Gasteiger partial charge is 0.287 e. The number of aromatic nitrogens is 1. The van der Waals surface area contributed by atoms with Crippen LogP contribution in [0.15, 0.2) is 62.7 Å². The standard InChI is InChI=1S/C26H25FN2O3S2/c1-17-14-33-25(29-17)34-15-21-20-7-2-3-8-22(20)32-23(21)24(30)28-16-26(9-11-31-12-10-26)18-5-4-6-19(27)13-18/h2-8,13-14H,9-12,15-16H2,1H3,(H,28,30). The van der Waals surface area contributed by atoms with Crippen LogP contribution < -0.4 is 5.32 Å². The molecule has 1 saturated heterocycles. The molecule has 5 nitrogen and oxygen atoms in total. The number of aryl methyl sites for hydroxylation is 1. The van der Waals surface area contributed by atoms with Crippen LogP contribution in [0.1, 0.15) is 40.2 Å². The summed E-state index contributed by atoms with van der Waals surface area (Å²) in [7, 11) is 0. The Labute approximate surface area is 205 Å². The van der Waals surface area contributed by atoms with E-state index in [-0.39, 0.29) is 17.1 Å². The van der Waals surface area contributed by atoms with Gasteiger partial charge < -0.3 is 14.5 Å². The Morgan fingerprint density at radius 1 is 1.21 bits per heavy atom. The molecule has 2 aromatic carbocycles. The van der Waals surface area contributed by atoms with Gasteiger partial charge in [-0.1, -0.05) is 42.1 Å². The first kappa shape index (κ1) is 23.1. The highest BCUT2D eigenvalue weighted by atomic mass is 32.2. The molecule has 0 saturated carbocycles. The molecule has 5 rings (SSSR count). The Kier molecular flexibility index (Phi) is 6.72. The number of thioether (sulfide) groups is 1. The Morgan fingerprint density at radius 2 is 2.03 bits per heavy atom. The number of halogens is 1. The van der Waals surface area contributed by atoms with E-state index in [9.17, 15) is 9.18 Å². The molecule has 2 aromatic heterocycles. The van der Waals surface area contributed by atoms with E-state index in [1.54, 1.807) is 35.2 Å². The molecule has 8 heteroatoms. The lowest BCUT2D eigenvalue weighted by Gasteiger charge is -2.37. The number of rotatable bonds is 7. The molecule has 0 spiro atoms. The summed E-state index contributed by atoms with van der Waals surface area (Å²) in [6, 6.07) is 14.4. The number of benzene rings is 2. The number of carbonyl (C=O) groups excluding carboxylic acids is 1. The van der Waals surface area contributed by atoms with Crippen LogP contribution in [0.4, 0.5) is 4.39 Å². The monoisotopic (exact) mass is 496 g/mol. The summed E-state index contributed by atoms with van der Waals surface area (Å²) in [5.41, 5.74) is 3.04. The minimum absolute atomic E-state index is 0.260. The molecule has 1 N–H and O–H groups in total. The van der Waals surface area contributed by atoms with Gasteiger partial charge in [0.2, 0.25) is 0 Å². The maximum Gasteiger partial charge on any atom is 0.287 e. The van der Waals surface area contributed by atoms with Gasteiger partial charge >= 0.3 is 0 Å². The Hall–Kier alpha value is -2.68. The lowest BCUT2D eigenvalue weighted by Crippen LogP contribution is -2.44. The largest absolute Gasteiger partial charge is 0.451 e. The highest BCUT2D eigenvalue weighted by molar-refractivity contribution is 8.00. The SMILES string of the molecule is Cc1csc(SCc2c(C(=O)NCC3(c4cccc(F)c4)CCOCC3)oc3ccccc23)n1. The summed E-state index contributed by atoms with van der Waals surface area (Å²) in [5, 5.41) is 6.05. The first-order valence-corrected chi connectivity index (χ1v) is 13.1. The zero-order valence-corrected chi connectivity index (χ0v) is 20.4. The van der Waals surface area contributed by atoms with Crippen molar-refractivity contribution in [2.45, 2.75) is 35.3 Å². The predicted octanol–water partition coefficient (Wildman–Crippen LogP) is 6.11. The van der Waals surface area contributed by atoms with Gasteiger partial charge in [0.05, 0.1) is 0 Å². The summed E-state index contributed by atoms with van der Waals surface area (Å²) in [6.45, 7) is 3.50. The molecule has 1 aliphatic rings. The van der Waals surface area contributed by atoms with Crippen LogP contribution >= 0.6 is 23.1 Å². The van der Waals surface area contributed by atoms with Gasteiger partial charge in [-0.05, 0) is 43.5 Å². The zero-order chi connectivity index (χ0) is 23.5.